The van der Waals surface area contributed by atoms with Crippen molar-refractivity contribution in [1.82, 2.24) is 5.01 Å². The highest BCUT2D eigenvalue weighted by molar-refractivity contribution is 5.88. The van der Waals surface area contributed by atoms with Crippen LogP contribution in [0.25, 0.3) is 0 Å². The molecule has 0 heterocycles. The highest BCUT2D eigenvalue weighted by Gasteiger charge is 2.22. The summed E-state index contributed by atoms with van der Waals surface area (Å²) in [5.41, 5.74) is 1.39. The molecule has 0 aromatic rings. The average Bonchev–Trinajstić information content (AvgIpc) is 1.97. The molecule has 1 aliphatic rings. The number of nitrogens with zero attached hydrogens (tertiary/aromatic N) is 2. The molecule has 70 valence electrons. The molecule has 1 fully saturated rings. The zero-order chi connectivity index (χ0) is 9.14. The van der Waals surface area contributed by atoms with Crippen LogP contribution in [0.1, 0.15) is 33.1 Å². The van der Waals surface area contributed by atoms with Crippen LogP contribution >= 0.6 is 0 Å². The predicted molar refractivity (Wildman–Crippen MR) is 53.3 cm³/mol. The summed E-state index contributed by atoms with van der Waals surface area (Å²) in [5, 5.41) is 6.47. The third kappa shape index (κ3) is 2.23. The van der Waals surface area contributed by atoms with Crippen LogP contribution in [0.3, 0.4) is 0 Å². The molecule has 2 atom stereocenters. The Labute approximate surface area is 75.6 Å². The Hall–Kier alpha value is -0.530. The first-order valence-electron chi connectivity index (χ1n) is 4.87. The third-order valence-electron chi connectivity index (χ3n) is 2.60. The Morgan fingerprint density at radius 1 is 1.17 bits per heavy atom. The summed E-state index contributed by atoms with van der Waals surface area (Å²) in [6, 6.07) is 0. The quantitative estimate of drug-likeness (QED) is 0.549. The van der Waals surface area contributed by atoms with E-state index in [9.17, 15) is 0 Å². The van der Waals surface area contributed by atoms with E-state index in [2.05, 4.69) is 18.9 Å². The van der Waals surface area contributed by atoms with E-state index in [1.165, 1.54) is 25.0 Å². The fourth-order valence-electron chi connectivity index (χ4n) is 1.94. The Morgan fingerprint density at radius 2 is 1.67 bits per heavy atom. The van der Waals surface area contributed by atoms with Gasteiger partial charge >= 0.3 is 0 Å². The van der Waals surface area contributed by atoms with Crippen molar-refractivity contribution in [1.29, 1.82) is 0 Å². The maximum Gasteiger partial charge on any atom is 0.0436 e. The normalized spacial score (nSPS) is 33.8. The monoisotopic (exact) mass is 168 g/mol. The summed E-state index contributed by atoms with van der Waals surface area (Å²) in [7, 11) is 4.00. The second-order valence-electron chi connectivity index (χ2n) is 4.11. The lowest BCUT2D eigenvalue weighted by molar-refractivity contribution is 0.406. The molecule has 1 aliphatic carbocycles. The molecule has 1 rings (SSSR count). The van der Waals surface area contributed by atoms with E-state index in [4.69, 9.17) is 0 Å². The summed E-state index contributed by atoms with van der Waals surface area (Å²) >= 11 is 0. The van der Waals surface area contributed by atoms with Gasteiger partial charge in [-0.05, 0) is 24.7 Å². The lowest BCUT2D eigenvalue weighted by Crippen LogP contribution is -2.27. The van der Waals surface area contributed by atoms with Crippen molar-refractivity contribution in [3.8, 4) is 0 Å². The Morgan fingerprint density at radius 3 is 2.08 bits per heavy atom. The van der Waals surface area contributed by atoms with Gasteiger partial charge in [-0.25, -0.2) is 0 Å². The molecule has 0 aromatic heterocycles. The third-order valence-corrected chi connectivity index (χ3v) is 2.60. The van der Waals surface area contributed by atoms with Crippen molar-refractivity contribution in [3.63, 3.8) is 0 Å². The average molecular weight is 168 g/mol. The number of hydrazone groups is 1. The van der Waals surface area contributed by atoms with Gasteiger partial charge in [0.2, 0.25) is 0 Å². The molecule has 2 heteroatoms. The van der Waals surface area contributed by atoms with Crippen LogP contribution in [0, 0.1) is 11.8 Å². The van der Waals surface area contributed by atoms with E-state index in [-0.39, 0.29) is 0 Å². The molecule has 0 saturated heterocycles. The zero-order valence-electron chi connectivity index (χ0n) is 8.67. The van der Waals surface area contributed by atoms with Gasteiger partial charge in [0.25, 0.3) is 0 Å². The molecule has 2 nitrogen and oxygen atoms in total. The Balaban J connectivity index is 2.69. The predicted octanol–water partition coefficient (Wildman–Crippen LogP) is 2.36. The van der Waals surface area contributed by atoms with Gasteiger partial charge in [-0.2, -0.15) is 5.10 Å². The largest absolute Gasteiger partial charge is 0.303 e. The fourth-order valence-corrected chi connectivity index (χ4v) is 1.94. The topological polar surface area (TPSA) is 15.6 Å². The second-order valence-corrected chi connectivity index (χ2v) is 4.11. The minimum Gasteiger partial charge on any atom is -0.303 e. The van der Waals surface area contributed by atoms with Gasteiger partial charge in [-0.1, -0.05) is 20.3 Å². The van der Waals surface area contributed by atoms with Crippen LogP contribution in [0.5, 0.6) is 0 Å². The summed E-state index contributed by atoms with van der Waals surface area (Å²) in [4.78, 5) is 0. The standard InChI is InChI=1S/C10H20N2/c1-8-6-5-7-9(2)10(8)11-12(3)4/h8-9H,5-7H2,1-4H3/t8-,9+. The van der Waals surface area contributed by atoms with Crippen LogP contribution in [0.2, 0.25) is 0 Å². The van der Waals surface area contributed by atoms with Gasteiger partial charge in [0.05, 0.1) is 0 Å². The van der Waals surface area contributed by atoms with Gasteiger partial charge in [-0.3, -0.25) is 0 Å². The first-order chi connectivity index (χ1) is 5.61. The van der Waals surface area contributed by atoms with Crippen molar-refractivity contribution in [3.05, 3.63) is 0 Å². The maximum absolute atomic E-state index is 4.55. The lowest BCUT2D eigenvalue weighted by Gasteiger charge is -2.27. The molecule has 0 aliphatic heterocycles. The number of rotatable bonds is 1. The van der Waals surface area contributed by atoms with E-state index in [1.807, 2.05) is 19.1 Å². The van der Waals surface area contributed by atoms with Gasteiger partial charge in [-0.15, -0.1) is 0 Å². The van der Waals surface area contributed by atoms with Crippen molar-refractivity contribution in [2.45, 2.75) is 33.1 Å². The molecular formula is C10H20N2. The summed E-state index contributed by atoms with van der Waals surface area (Å²) in [6.45, 7) is 4.58. The minimum absolute atomic E-state index is 0.691. The summed E-state index contributed by atoms with van der Waals surface area (Å²) < 4.78 is 0. The highest BCUT2D eigenvalue weighted by Crippen LogP contribution is 2.26. The van der Waals surface area contributed by atoms with Crippen LogP contribution in [-0.4, -0.2) is 24.8 Å². The number of hydrogen-bond donors (Lipinski definition) is 0. The fraction of sp³-hybridized carbons (Fsp3) is 0.900. The Bertz CT molecular complexity index is 161. The van der Waals surface area contributed by atoms with Gasteiger partial charge in [0.1, 0.15) is 0 Å². The Kier molecular flexibility index (Phi) is 3.12. The summed E-state index contributed by atoms with van der Waals surface area (Å²) in [6.07, 6.45) is 4.00. The van der Waals surface area contributed by atoms with Crippen LogP contribution in [0.4, 0.5) is 0 Å². The molecule has 1 saturated carbocycles. The van der Waals surface area contributed by atoms with E-state index in [0.29, 0.717) is 11.8 Å². The molecule has 0 amide bonds. The smallest absolute Gasteiger partial charge is 0.0436 e. The van der Waals surface area contributed by atoms with Crippen molar-refractivity contribution in [2.24, 2.45) is 16.9 Å². The maximum atomic E-state index is 4.55. The SMILES string of the molecule is C[C@@H]1CCC[C@H](C)C1=NN(C)C. The molecule has 0 bridgehead atoms. The van der Waals surface area contributed by atoms with Crippen molar-refractivity contribution < 1.29 is 0 Å². The molecule has 0 aromatic carbocycles. The van der Waals surface area contributed by atoms with Crippen LogP contribution in [0.15, 0.2) is 5.10 Å². The van der Waals surface area contributed by atoms with Crippen molar-refractivity contribution in [2.75, 3.05) is 14.1 Å². The molecular weight excluding hydrogens is 148 g/mol. The van der Waals surface area contributed by atoms with Gasteiger partial charge < -0.3 is 5.01 Å². The molecule has 0 N–H and O–H groups in total. The van der Waals surface area contributed by atoms with Gasteiger partial charge in [0, 0.05) is 19.8 Å². The van der Waals surface area contributed by atoms with E-state index < -0.39 is 0 Å². The van der Waals surface area contributed by atoms with E-state index in [0.717, 1.165) is 0 Å². The van der Waals surface area contributed by atoms with E-state index in [1.54, 1.807) is 0 Å². The lowest BCUT2D eigenvalue weighted by atomic mass is 9.81. The zero-order valence-corrected chi connectivity index (χ0v) is 8.67. The first kappa shape index (κ1) is 9.56. The molecule has 0 radical (unpaired) electrons. The van der Waals surface area contributed by atoms with Crippen LogP contribution < -0.4 is 0 Å². The molecule has 0 spiro atoms. The van der Waals surface area contributed by atoms with E-state index >= 15 is 0 Å². The van der Waals surface area contributed by atoms with Crippen molar-refractivity contribution >= 4 is 5.71 Å². The van der Waals surface area contributed by atoms with Gasteiger partial charge in [0.15, 0.2) is 0 Å². The highest BCUT2D eigenvalue weighted by atomic mass is 15.4. The minimum atomic E-state index is 0.691. The summed E-state index contributed by atoms with van der Waals surface area (Å²) in [5.74, 6) is 1.38. The second kappa shape index (κ2) is 3.92. The van der Waals surface area contributed by atoms with Crippen LogP contribution in [-0.2, 0) is 0 Å². The first-order valence-corrected chi connectivity index (χ1v) is 4.87. The number of hydrogen-bond acceptors (Lipinski definition) is 2. The molecule has 0 unspecified atom stereocenters. The molecule has 12 heavy (non-hydrogen) atoms.